The molecule has 0 spiro atoms. The Bertz CT molecular complexity index is 1170. The van der Waals surface area contributed by atoms with Crippen LogP contribution in [0.2, 0.25) is 0 Å². The molecule has 0 radical (unpaired) electrons. The molecule has 240 valence electrons. The minimum atomic E-state index is -0.390. The highest BCUT2D eigenvalue weighted by molar-refractivity contribution is 5.94. The fourth-order valence-electron chi connectivity index (χ4n) is 3.88. The number of hydrogen-bond donors (Lipinski definition) is 4. The second-order valence-corrected chi connectivity index (χ2v) is 10.6. The number of rotatable bonds is 13. The average molecular weight is 609 g/mol. The maximum atomic E-state index is 11.7. The van der Waals surface area contributed by atoms with Crippen molar-refractivity contribution in [2.24, 2.45) is 11.8 Å². The lowest BCUT2D eigenvalue weighted by atomic mass is 9.98. The van der Waals surface area contributed by atoms with Crippen molar-refractivity contribution in [3.8, 4) is 0 Å². The Balaban J connectivity index is 0.000000385. The summed E-state index contributed by atoms with van der Waals surface area (Å²) in [6, 6.07) is 19.4. The van der Waals surface area contributed by atoms with Gasteiger partial charge in [-0.2, -0.15) is 0 Å². The molecule has 3 unspecified atom stereocenters. The van der Waals surface area contributed by atoms with E-state index < -0.39 is 0 Å². The van der Waals surface area contributed by atoms with Gasteiger partial charge in [0, 0.05) is 30.1 Å². The Morgan fingerprint density at radius 1 is 1.00 bits per heavy atom. The largest absolute Gasteiger partial charge is 0.466 e. The second kappa shape index (κ2) is 22.1. The average Bonchev–Trinajstić information content (AvgIpc) is 3.41. The van der Waals surface area contributed by atoms with Crippen LogP contribution >= 0.6 is 0 Å². The number of benzene rings is 2. The van der Waals surface area contributed by atoms with Gasteiger partial charge in [-0.25, -0.2) is 0 Å². The fourth-order valence-corrected chi connectivity index (χ4v) is 3.88. The molecular weight excluding hydrogens is 560 g/mol. The first-order valence-corrected chi connectivity index (χ1v) is 15.0. The van der Waals surface area contributed by atoms with E-state index in [-0.39, 0.29) is 54.7 Å². The predicted molar refractivity (Wildman–Crippen MR) is 172 cm³/mol. The lowest BCUT2D eigenvalue weighted by molar-refractivity contribution is -0.142. The van der Waals surface area contributed by atoms with Gasteiger partial charge < -0.3 is 26.0 Å². The number of esters is 1. The molecule has 10 heteroatoms. The summed E-state index contributed by atoms with van der Waals surface area (Å²) in [4.78, 5) is 56.5. The number of carbonyl (C=O) groups excluding carboxylic acids is 5. The van der Waals surface area contributed by atoms with Crippen molar-refractivity contribution in [3.63, 3.8) is 0 Å². The Kier molecular flexibility index (Phi) is 18.9. The molecule has 4 N–H and O–H groups in total. The first-order chi connectivity index (χ1) is 21.1. The minimum Gasteiger partial charge on any atom is -0.466 e. The van der Waals surface area contributed by atoms with Crippen LogP contribution in [0.25, 0.3) is 0 Å². The first-order valence-electron chi connectivity index (χ1n) is 15.0. The monoisotopic (exact) mass is 608 g/mol. The Morgan fingerprint density at radius 2 is 1.64 bits per heavy atom. The van der Waals surface area contributed by atoms with Crippen LogP contribution in [0, 0.1) is 18.8 Å². The molecule has 44 heavy (non-hydrogen) atoms. The molecule has 4 amide bonds. The summed E-state index contributed by atoms with van der Waals surface area (Å²) in [6.07, 6.45) is 4.99. The van der Waals surface area contributed by atoms with E-state index >= 15 is 0 Å². The summed E-state index contributed by atoms with van der Waals surface area (Å²) in [5.74, 6) is -0.452. The van der Waals surface area contributed by atoms with Gasteiger partial charge in [0.25, 0.3) is 5.91 Å². The number of carbonyl (C=O) groups is 5. The van der Waals surface area contributed by atoms with E-state index in [9.17, 15) is 24.0 Å². The van der Waals surface area contributed by atoms with Crippen molar-refractivity contribution in [3.05, 3.63) is 83.9 Å². The van der Waals surface area contributed by atoms with Gasteiger partial charge in [0.1, 0.15) is 0 Å². The molecule has 1 aliphatic rings. The van der Waals surface area contributed by atoms with E-state index in [2.05, 4.69) is 54.2 Å². The highest BCUT2D eigenvalue weighted by atomic mass is 16.5. The van der Waals surface area contributed by atoms with E-state index in [4.69, 9.17) is 4.74 Å². The quantitative estimate of drug-likeness (QED) is 0.155. The highest BCUT2D eigenvalue weighted by Crippen LogP contribution is 2.17. The van der Waals surface area contributed by atoms with Gasteiger partial charge >= 0.3 is 5.97 Å². The summed E-state index contributed by atoms with van der Waals surface area (Å²) in [5, 5.41) is 10.7. The summed E-state index contributed by atoms with van der Waals surface area (Å²) in [7, 11) is 0. The third-order valence-corrected chi connectivity index (χ3v) is 6.69. The van der Waals surface area contributed by atoms with Crippen LogP contribution in [-0.2, 0) is 23.9 Å². The molecular formula is C34H48N4O6. The number of nitrogens with one attached hydrogen (secondary N) is 4. The number of amides is 4. The lowest BCUT2D eigenvalue weighted by Gasteiger charge is -2.17. The van der Waals surface area contributed by atoms with Crippen molar-refractivity contribution < 1.29 is 28.7 Å². The maximum absolute atomic E-state index is 11.7. The smallest absolute Gasteiger partial charge is 0.309 e. The van der Waals surface area contributed by atoms with Crippen LogP contribution in [0.1, 0.15) is 62.9 Å². The van der Waals surface area contributed by atoms with Crippen molar-refractivity contribution in [1.29, 1.82) is 0 Å². The molecule has 1 heterocycles. The molecule has 2 aromatic carbocycles. The number of hydrogen-bond acceptors (Lipinski definition) is 6. The third-order valence-electron chi connectivity index (χ3n) is 6.69. The summed E-state index contributed by atoms with van der Waals surface area (Å²) in [5.41, 5.74) is 2.04. The van der Waals surface area contributed by atoms with Gasteiger partial charge in [-0.15, -0.1) is 0 Å². The van der Waals surface area contributed by atoms with E-state index in [0.29, 0.717) is 38.3 Å². The van der Waals surface area contributed by atoms with Crippen LogP contribution in [0.4, 0.5) is 0 Å². The maximum Gasteiger partial charge on any atom is 0.309 e. The van der Waals surface area contributed by atoms with Crippen LogP contribution in [0.3, 0.4) is 0 Å². The summed E-state index contributed by atoms with van der Waals surface area (Å²) < 4.78 is 4.82. The summed E-state index contributed by atoms with van der Waals surface area (Å²) >= 11 is 0. The fraction of sp³-hybridized carbons (Fsp3) is 0.441. The minimum absolute atomic E-state index is 0.00630. The SMILES string of the molecule is CC(C)C(C)NC(=O)c1ccccc1.CCOC(=O)CC=CC(CC1CCNC1=O)NC(=O)CNC=O.Cc1ccccc1. The van der Waals surface area contributed by atoms with Gasteiger partial charge in [-0.05, 0) is 51.7 Å². The van der Waals surface area contributed by atoms with Gasteiger partial charge in [0.15, 0.2) is 0 Å². The molecule has 1 saturated heterocycles. The molecule has 0 saturated carbocycles. The van der Waals surface area contributed by atoms with Crippen LogP contribution in [-0.4, -0.2) is 61.9 Å². The molecule has 2 aromatic rings. The van der Waals surface area contributed by atoms with E-state index in [1.54, 1.807) is 19.1 Å². The highest BCUT2D eigenvalue weighted by Gasteiger charge is 2.27. The standard InChI is InChI=1S/C15H23N3O5.C12H17NO.C7H8/c1-2-23-14(21)5-3-4-12(18-13(20)9-16-10-19)8-11-6-7-17-15(11)22;1-9(2)10(3)13-12(14)11-7-5-4-6-8-11;1-7-5-3-2-4-6-7/h3-4,10-12H,2,5-9H2,1H3,(H,16,19)(H,17,22)(H,18,20);4-10H,1-3H3,(H,13,14);2-6H,1H3. The van der Waals surface area contributed by atoms with Crippen molar-refractivity contribution >= 4 is 30.1 Å². The molecule has 1 fully saturated rings. The Labute approximate surface area is 261 Å². The van der Waals surface area contributed by atoms with Crippen molar-refractivity contribution in [2.45, 2.75) is 66.0 Å². The Morgan fingerprint density at radius 3 is 2.14 bits per heavy atom. The van der Waals surface area contributed by atoms with Crippen LogP contribution < -0.4 is 21.3 Å². The van der Waals surface area contributed by atoms with Gasteiger partial charge in [-0.1, -0.05) is 80.1 Å². The van der Waals surface area contributed by atoms with Crippen LogP contribution in [0.5, 0.6) is 0 Å². The van der Waals surface area contributed by atoms with Crippen molar-refractivity contribution in [1.82, 2.24) is 21.3 Å². The molecule has 1 aliphatic heterocycles. The summed E-state index contributed by atoms with van der Waals surface area (Å²) in [6.45, 7) is 10.8. The number of aryl methyl sites for hydroxylation is 1. The molecule has 3 atom stereocenters. The molecule has 0 aromatic heterocycles. The molecule has 10 nitrogen and oxygen atoms in total. The Hall–Kier alpha value is -4.47. The number of ether oxygens (including phenoxy) is 1. The topological polar surface area (TPSA) is 143 Å². The van der Waals surface area contributed by atoms with E-state index in [0.717, 1.165) is 5.56 Å². The lowest BCUT2D eigenvalue weighted by Crippen LogP contribution is -2.40. The first kappa shape index (κ1) is 37.6. The second-order valence-electron chi connectivity index (χ2n) is 10.6. The van der Waals surface area contributed by atoms with Crippen molar-refractivity contribution in [2.75, 3.05) is 19.7 Å². The third kappa shape index (κ3) is 16.8. The van der Waals surface area contributed by atoms with E-state index in [1.165, 1.54) is 5.56 Å². The molecule has 0 bridgehead atoms. The zero-order chi connectivity index (χ0) is 32.7. The predicted octanol–water partition coefficient (Wildman–Crippen LogP) is 3.71. The van der Waals surface area contributed by atoms with E-state index in [1.807, 2.05) is 55.5 Å². The molecule has 3 rings (SSSR count). The zero-order valence-corrected chi connectivity index (χ0v) is 26.5. The van der Waals surface area contributed by atoms with Gasteiger partial charge in [0.05, 0.1) is 19.6 Å². The van der Waals surface area contributed by atoms with Gasteiger partial charge in [-0.3, -0.25) is 24.0 Å². The normalized spacial score (nSPS) is 15.0. The van der Waals surface area contributed by atoms with Crippen LogP contribution in [0.15, 0.2) is 72.8 Å². The molecule has 0 aliphatic carbocycles. The zero-order valence-electron chi connectivity index (χ0n) is 26.5. The van der Waals surface area contributed by atoms with Gasteiger partial charge in [0.2, 0.25) is 18.2 Å².